The molecule has 5 heteroatoms. The van der Waals surface area contributed by atoms with Crippen LogP contribution in [0.1, 0.15) is 0 Å². The molecule has 0 aliphatic carbocycles. The molecule has 0 atom stereocenters. The molecule has 0 saturated heterocycles. The summed E-state index contributed by atoms with van der Waals surface area (Å²) in [7, 11) is 0. The molecule has 4 heterocycles. The van der Waals surface area contributed by atoms with Gasteiger partial charge in [0.05, 0.1) is 39.0 Å². The summed E-state index contributed by atoms with van der Waals surface area (Å²) in [5, 5.41) is 5.64. The second kappa shape index (κ2) is 12.8. The van der Waals surface area contributed by atoms with Crippen LogP contribution in [-0.2, 0) is 0 Å². The van der Waals surface area contributed by atoms with Crippen molar-refractivity contribution in [1.29, 1.82) is 0 Å². The SMILES string of the molecule is c1ccc(-c2ccc(-c3cc(-c4ccc(-c5ccccc5)cc4)nc(-n4c5ccccc5c5ccc6c(c7ccccc7n7c8ccccc8nc67)c54)n3)cc2)cc1. The molecule has 0 aliphatic heterocycles. The van der Waals surface area contributed by atoms with Gasteiger partial charge < -0.3 is 0 Å². The molecular formula is C53H33N5. The van der Waals surface area contributed by atoms with Crippen molar-refractivity contribution in [2.24, 2.45) is 0 Å². The van der Waals surface area contributed by atoms with E-state index in [0.29, 0.717) is 5.95 Å². The van der Waals surface area contributed by atoms with Gasteiger partial charge in [0.2, 0.25) is 5.95 Å². The lowest BCUT2D eigenvalue weighted by atomic mass is 10.0. The summed E-state index contributed by atoms with van der Waals surface area (Å²) >= 11 is 0. The number of nitrogens with zero attached hydrogens (tertiary/aromatic N) is 5. The van der Waals surface area contributed by atoms with Gasteiger partial charge in [-0.05, 0) is 58.7 Å². The minimum absolute atomic E-state index is 0.614. The number of para-hydroxylation sites is 4. The number of pyridine rings is 1. The van der Waals surface area contributed by atoms with Gasteiger partial charge in [0, 0.05) is 38.1 Å². The van der Waals surface area contributed by atoms with E-state index >= 15 is 0 Å². The molecule has 4 aromatic heterocycles. The highest BCUT2D eigenvalue weighted by Gasteiger charge is 2.22. The van der Waals surface area contributed by atoms with E-state index in [1.54, 1.807) is 0 Å². The molecule has 0 N–H and O–H groups in total. The monoisotopic (exact) mass is 739 g/mol. The van der Waals surface area contributed by atoms with Crippen molar-refractivity contribution in [2.75, 3.05) is 0 Å². The summed E-state index contributed by atoms with van der Waals surface area (Å²) in [6.07, 6.45) is 0. The van der Waals surface area contributed by atoms with Crippen LogP contribution in [-0.4, -0.2) is 23.9 Å². The highest BCUT2D eigenvalue weighted by atomic mass is 15.2. The highest BCUT2D eigenvalue weighted by Crippen LogP contribution is 2.42. The maximum Gasteiger partial charge on any atom is 0.235 e. The average molecular weight is 740 g/mol. The van der Waals surface area contributed by atoms with Crippen LogP contribution in [0, 0.1) is 0 Å². The van der Waals surface area contributed by atoms with Gasteiger partial charge >= 0.3 is 0 Å². The highest BCUT2D eigenvalue weighted by molar-refractivity contribution is 6.27. The van der Waals surface area contributed by atoms with Crippen molar-refractivity contribution >= 4 is 60.2 Å². The number of aromatic nitrogens is 5. The molecule has 0 unspecified atom stereocenters. The topological polar surface area (TPSA) is 48.0 Å². The van der Waals surface area contributed by atoms with Crippen molar-refractivity contribution in [3.8, 4) is 50.7 Å². The molecule has 270 valence electrons. The number of fused-ring (bicyclic) bond motifs is 12. The van der Waals surface area contributed by atoms with Gasteiger partial charge in [-0.3, -0.25) is 8.97 Å². The van der Waals surface area contributed by atoms with E-state index in [4.69, 9.17) is 15.0 Å². The van der Waals surface area contributed by atoms with Crippen LogP contribution in [0.25, 0.3) is 111 Å². The first kappa shape index (κ1) is 32.4. The van der Waals surface area contributed by atoms with Crippen LogP contribution >= 0.6 is 0 Å². The second-order valence-electron chi connectivity index (χ2n) is 14.8. The maximum absolute atomic E-state index is 5.45. The summed E-state index contributed by atoms with van der Waals surface area (Å²) in [5.74, 6) is 0.614. The van der Waals surface area contributed by atoms with E-state index in [-0.39, 0.29) is 0 Å². The lowest BCUT2D eigenvalue weighted by Gasteiger charge is -2.15. The first-order valence-corrected chi connectivity index (χ1v) is 19.6. The molecule has 8 aromatic carbocycles. The summed E-state index contributed by atoms with van der Waals surface area (Å²) in [4.78, 5) is 16.2. The molecule has 58 heavy (non-hydrogen) atoms. The van der Waals surface area contributed by atoms with Crippen LogP contribution in [0.2, 0.25) is 0 Å². The maximum atomic E-state index is 5.45. The fourth-order valence-electron chi connectivity index (χ4n) is 8.81. The molecule has 0 spiro atoms. The standard InChI is InChI=1S/C53H33N5/c1-3-13-34(14-4-1)36-23-27-38(28-24-36)45-33-46(39-29-25-37(26-30-39)35-15-5-2-6-16-35)56-53(55-45)58-47-20-10-7-17-40(47)41-31-32-43-50(51(41)58)42-18-8-11-21-48(42)57-49-22-12-9-19-44(49)54-52(43)57/h1-33H. The van der Waals surface area contributed by atoms with Gasteiger partial charge in [-0.1, -0.05) is 164 Å². The Labute approximate surface area is 333 Å². The molecule has 0 amide bonds. The van der Waals surface area contributed by atoms with Gasteiger partial charge in [-0.15, -0.1) is 0 Å². The van der Waals surface area contributed by atoms with Gasteiger partial charge in [0.15, 0.2) is 0 Å². The van der Waals surface area contributed by atoms with E-state index in [9.17, 15) is 0 Å². The third kappa shape index (κ3) is 5.00. The van der Waals surface area contributed by atoms with Crippen LogP contribution in [0.4, 0.5) is 0 Å². The smallest absolute Gasteiger partial charge is 0.235 e. The summed E-state index contributed by atoms with van der Waals surface area (Å²) in [6.45, 7) is 0. The van der Waals surface area contributed by atoms with Gasteiger partial charge in [0.1, 0.15) is 5.65 Å². The Kier molecular flexibility index (Phi) is 7.16. The van der Waals surface area contributed by atoms with Gasteiger partial charge in [-0.2, -0.15) is 0 Å². The van der Waals surface area contributed by atoms with Crippen molar-refractivity contribution in [3.63, 3.8) is 0 Å². The minimum atomic E-state index is 0.614. The molecular weight excluding hydrogens is 707 g/mol. The van der Waals surface area contributed by atoms with E-state index in [1.807, 2.05) is 0 Å². The Balaban J connectivity index is 1.16. The molecule has 0 radical (unpaired) electrons. The Morgan fingerprint density at radius 3 is 1.45 bits per heavy atom. The molecule has 0 saturated carbocycles. The molecule has 5 nitrogen and oxygen atoms in total. The van der Waals surface area contributed by atoms with Crippen molar-refractivity contribution in [2.45, 2.75) is 0 Å². The Bertz CT molecular complexity index is 3430. The zero-order valence-electron chi connectivity index (χ0n) is 31.3. The predicted octanol–water partition coefficient (Wildman–Crippen LogP) is 13.3. The molecule has 0 aliphatic rings. The molecule has 12 rings (SSSR count). The van der Waals surface area contributed by atoms with Crippen LogP contribution < -0.4 is 0 Å². The zero-order chi connectivity index (χ0) is 38.2. The van der Waals surface area contributed by atoms with Crippen LogP contribution in [0.5, 0.6) is 0 Å². The minimum Gasteiger partial charge on any atom is -0.292 e. The zero-order valence-corrected chi connectivity index (χ0v) is 31.3. The lowest BCUT2D eigenvalue weighted by Crippen LogP contribution is -2.04. The van der Waals surface area contributed by atoms with Crippen molar-refractivity contribution in [1.82, 2.24) is 23.9 Å². The number of rotatable bonds is 5. The Hall–Kier alpha value is -7.89. The summed E-state index contributed by atoms with van der Waals surface area (Å²) < 4.78 is 4.58. The second-order valence-corrected chi connectivity index (χ2v) is 14.8. The summed E-state index contributed by atoms with van der Waals surface area (Å²) in [5.41, 5.74) is 14.6. The Morgan fingerprint density at radius 2 is 0.810 bits per heavy atom. The van der Waals surface area contributed by atoms with Crippen molar-refractivity contribution < 1.29 is 0 Å². The number of hydrogen-bond acceptors (Lipinski definition) is 3. The van der Waals surface area contributed by atoms with Crippen LogP contribution in [0.3, 0.4) is 0 Å². The van der Waals surface area contributed by atoms with Crippen molar-refractivity contribution in [3.05, 3.63) is 200 Å². The number of imidazole rings is 1. The largest absolute Gasteiger partial charge is 0.292 e. The molecule has 0 fully saturated rings. The van der Waals surface area contributed by atoms with E-state index in [0.717, 1.165) is 93.8 Å². The van der Waals surface area contributed by atoms with Gasteiger partial charge in [-0.25, -0.2) is 15.0 Å². The predicted molar refractivity (Wildman–Crippen MR) is 239 cm³/mol. The first-order valence-electron chi connectivity index (χ1n) is 19.6. The van der Waals surface area contributed by atoms with E-state index < -0.39 is 0 Å². The third-order valence-electron chi connectivity index (χ3n) is 11.5. The number of benzene rings is 8. The molecule has 0 bridgehead atoms. The normalized spacial score (nSPS) is 11.8. The third-order valence-corrected chi connectivity index (χ3v) is 11.5. The van der Waals surface area contributed by atoms with E-state index in [2.05, 4.69) is 209 Å². The number of hydrogen-bond donors (Lipinski definition) is 0. The molecule has 12 aromatic rings. The quantitative estimate of drug-likeness (QED) is 0.165. The van der Waals surface area contributed by atoms with Crippen LogP contribution in [0.15, 0.2) is 200 Å². The van der Waals surface area contributed by atoms with E-state index in [1.165, 1.54) is 11.1 Å². The fraction of sp³-hybridized carbons (Fsp3) is 0. The fourth-order valence-corrected chi connectivity index (χ4v) is 8.81. The Morgan fingerprint density at radius 1 is 0.328 bits per heavy atom. The lowest BCUT2D eigenvalue weighted by molar-refractivity contribution is 0.998. The first-order chi connectivity index (χ1) is 28.8. The average Bonchev–Trinajstić information content (AvgIpc) is 3.86. The summed E-state index contributed by atoms with van der Waals surface area (Å²) in [6, 6.07) is 70.7. The van der Waals surface area contributed by atoms with Gasteiger partial charge in [0.25, 0.3) is 0 Å².